The Kier molecular flexibility index (Phi) is 13.2. The summed E-state index contributed by atoms with van der Waals surface area (Å²) in [6, 6.07) is 0. The Morgan fingerprint density at radius 1 is 0.963 bits per heavy atom. The summed E-state index contributed by atoms with van der Waals surface area (Å²) in [5.74, 6) is -3.61. The number of rotatable bonds is 11. The Hall–Kier alpha value is -1.89. The fourth-order valence-electron chi connectivity index (χ4n) is 3.30. The zero-order valence-electron chi connectivity index (χ0n) is 16.2. The molecule has 0 aliphatic heterocycles. The SMILES string of the molecule is C=C(CCC(CC)CCCCO)C(=O)O.O=C(O)C1CCCCC1C(=O)O. The van der Waals surface area contributed by atoms with Gasteiger partial charge in [0.05, 0.1) is 11.8 Å². The number of hydrogen-bond donors (Lipinski definition) is 4. The van der Waals surface area contributed by atoms with Crippen LogP contribution in [0.4, 0.5) is 0 Å². The smallest absolute Gasteiger partial charge is 0.330 e. The van der Waals surface area contributed by atoms with Crippen molar-refractivity contribution in [2.24, 2.45) is 17.8 Å². The third-order valence-corrected chi connectivity index (χ3v) is 5.16. The maximum Gasteiger partial charge on any atom is 0.330 e. The lowest BCUT2D eigenvalue weighted by atomic mass is 9.79. The van der Waals surface area contributed by atoms with Gasteiger partial charge in [-0.3, -0.25) is 9.59 Å². The number of aliphatic hydroxyl groups is 1. The molecule has 0 amide bonds. The van der Waals surface area contributed by atoms with Gasteiger partial charge in [0, 0.05) is 12.2 Å². The maximum absolute atomic E-state index is 10.6. The van der Waals surface area contributed by atoms with Crippen molar-refractivity contribution >= 4 is 17.9 Å². The van der Waals surface area contributed by atoms with Crippen LogP contribution in [0, 0.1) is 17.8 Å². The summed E-state index contributed by atoms with van der Waals surface area (Å²) in [7, 11) is 0. The normalized spacial score (nSPS) is 20.1. The van der Waals surface area contributed by atoms with Crippen molar-refractivity contribution in [3.8, 4) is 0 Å². The van der Waals surface area contributed by atoms with E-state index in [1.165, 1.54) is 0 Å². The van der Waals surface area contributed by atoms with Gasteiger partial charge in [0.15, 0.2) is 0 Å². The third-order valence-electron chi connectivity index (χ3n) is 5.16. The molecule has 1 rings (SSSR count). The molecule has 0 radical (unpaired) electrons. The van der Waals surface area contributed by atoms with Crippen LogP contribution in [0.5, 0.6) is 0 Å². The number of aliphatic hydroxyl groups excluding tert-OH is 1. The lowest BCUT2D eigenvalue weighted by Crippen LogP contribution is -2.32. The highest BCUT2D eigenvalue weighted by Crippen LogP contribution is 2.30. The van der Waals surface area contributed by atoms with Crippen LogP contribution < -0.4 is 0 Å². The van der Waals surface area contributed by atoms with Gasteiger partial charge in [0.1, 0.15) is 0 Å². The second-order valence-electron chi connectivity index (χ2n) is 7.11. The first kappa shape index (κ1) is 25.1. The number of aliphatic carboxylic acids is 3. The average Bonchev–Trinajstić information content (AvgIpc) is 2.64. The highest BCUT2D eigenvalue weighted by atomic mass is 16.4. The molecule has 0 saturated heterocycles. The van der Waals surface area contributed by atoms with Gasteiger partial charge in [-0.15, -0.1) is 0 Å². The molecule has 1 fully saturated rings. The summed E-state index contributed by atoms with van der Waals surface area (Å²) in [6.07, 6.45) is 8.16. The maximum atomic E-state index is 10.6. The zero-order valence-corrected chi connectivity index (χ0v) is 16.2. The van der Waals surface area contributed by atoms with E-state index in [-0.39, 0.29) is 6.61 Å². The minimum atomic E-state index is -0.970. The molecule has 0 bridgehead atoms. The lowest BCUT2D eigenvalue weighted by Gasteiger charge is -2.24. The van der Waals surface area contributed by atoms with Crippen molar-refractivity contribution in [1.29, 1.82) is 0 Å². The largest absolute Gasteiger partial charge is 0.481 e. The van der Waals surface area contributed by atoms with E-state index in [1.807, 2.05) is 0 Å². The monoisotopic (exact) mass is 386 g/mol. The lowest BCUT2D eigenvalue weighted by molar-refractivity contribution is -0.155. The van der Waals surface area contributed by atoms with Gasteiger partial charge in [-0.1, -0.05) is 45.6 Å². The third kappa shape index (κ3) is 10.8. The predicted molar refractivity (Wildman–Crippen MR) is 101 cm³/mol. The molecule has 7 nitrogen and oxygen atoms in total. The van der Waals surface area contributed by atoms with Gasteiger partial charge < -0.3 is 20.4 Å². The van der Waals surface area contributed by atoms with Crippen molar-refractivity contribution in [1.82, 2.24) is 0 Å². The van der Waals surface area contributed by atoms with Crippen LogP contribution >= 0.6 is 0 Å². The topological polar surface area (TPSA) is 132 Å². The second kappa shape index (κ2) is 14.2. The van der Waals surface area contributed by atoms with E-state index in [0.717, 1.165) is 44.9 Å². The summed E-state index contributed by atoms with van der Waals surface area (Å²) >= 11 is 0. The summed E-state index contributed by atoms with van der Waals surface area (Å²) in [6.45, 7) is 5.88. The number of hydrogen-bond acceptors (Lipinski definition) is 4. The Morgan fingerprint density at radius 3 is 1.85 bits per heavy atom. The molecule has 27 heavy (non-hydrogen) atoms. The number of carboxylic acids is 3. The van der Waals surface area contributed by atoms with Gasteiger partial charge in [0.2, 0.25) is 0 Å². The van der Waals surface area contributed by atoms with Crippen molar-refractivity contribution < 1.29 is 34.8 Å². The molecule has 0 aromatic heterocycles. The average molecular weight is 386 g/mol. The molecule has 3 atom stereocenters. The first-order chi connectivity index (χ1) is 12.7. The van der Waals surface area contributed by atoms with Crippen molar-refractivity contribution in [2.45, 2.75) is 71.1 Å². The molecule has 7 heteroatoms. The molecular formula is C20H34O7. The van der Waals surface area contributed by atoms with Gasteiger partial charge in [-0.25, -0.2) is 4.79 Å². The van der Waals surface area contributed by atoms with Crippen LogP contribution in [0.25, 0.3) is 0 Å². The highest BCUT2D eigenvalue weighted by molar-refractivity contribution is 5.85. The summed E-state index contributed by atoms with van der Waals surface area (Å²) in [4.78, 5) is 31.7. The van der Waals surface area contributed by atoms with Crippen LogP contribution in [-0.4, -0.2) is 44.9 Å². The van der Waals surface area contributed by atoms with Crippen LogP contribution in [0.1, 0.15) is 71.1 Å². The predicted octanol–water partition coefficient (Wildman–Crippen LogP) is 3.56. The molecule has 156 valence electrons. The highest BCUT2D eigenvalue weighted by Gasteiger charge is 2.35. The van der Waals surface area contributed by atoms with E-state index in [0.29, 0.717) is 30.8 Å². The number of carbonyl (C=O) groups is 3. The molecule has 3 unspecified atom stereocenters. The van der Waals surface area contributed by atoms with E-state index in [2.05, 4.69) is 13.5 Å². The fourth-order valence-corrected chi connectivity index (χ4v) is 3.30. The first-order valence-corrected chi connectivity index (χ1v) is 9.72. The summed E-state index contributed by atoms with van der Waals surface area (Å²) < 4.78 is 0. The van der Waals surface area contributed by atoms with Crippen molar-refractivity contribution in [3.63, 3.8) is 0 Å². The van der Waals surface area contributed by atoms with Crippen molar-refractivity contribution in [3.05, 3.63) is 12.2 Å². The summed E-state index contributed by atoms with van der Waals surface area (Å²) in [5.41, 5.74) is 0.301. The molecule has 0 aromatic carbocycles. The fraction of sp³-hybridized carbons (Fsp3) is 0.750. The second-order valence-corrected chi connectivity index (χ2v) is 7.11. The van der Waals surface area contributed by atoms with Crippen LogP contribution in [-0.2, 0) is 14.4 Å². The number of unbranched alkanes of at least 4 members (excludes halogenated alkanes) is 1. The zero-order chi connectivity index (χ0) is 20.8. The molecule has 1 aliphatic carbocycles. The standard InChI is InChI=1S/C12H22O3.C8H12O4/c1-3-11(6-4-5-9-13)8-7-10(2)12(14)15;9-7(10)5-3-1-2-4-6(5)8(11)12/h11,13H,2-9H2,1H3,(H,14,15);5-6H,1-4H2,(H,9,10)(H,11,12). The van der Waals surface area contributed by atoms with Crippen LogP contribution in [0.3, 0.4) is 0 Å². The van der Waals surface area contributed by atoms with Gasteiger partial charge in [-0.2, -0.15) is 0 Å². The van der Waals surface area contributed by atoms with Crippen LogP contribution in [0.2, 0.25) is 0 Å². The summed E-state index contributed by atoms with van der Waals surface area (Å²) in [5, 5.41) is 34.7. The minimum absolute atomic E-state index is 0.248. The Balaban J connectivity index is 0.000000511. The van der Waals surface area contributed by atoms with E-state index >= 15 is 0 Å². The first-order valence-electron chi connectivity index (χ1n) is 9.72. The van der Waals surface area contributed by atoms with E-state index in [9.17, 15) is 14.4 Å². The molecule has 0 heterocycles. The van der Waals surface area contributed by atoms with Gasteiger partial charge in [-0.05, 0) is 38.0 Å². The molecule has 4 N–H and O–H groups in total. The Morgan fingerprint density at radius 2 is 1.48 bits per heavy atom. The van der Waals surface area contributed by atoms with E-state index < -0.39 is 29.7 Å². The molecule has 1 saturated carbocycles. The van der Waals surface area contributed by atoms with Gasteiger partial charge in [0.25, 0.3) is 0 Å². The van der Waals surface area contributed by atoms with Gasteiger partial charge >= 0.3 is 17.9 Å². The van der Waals surface area contributed by atoms with Crippen molar-refractivity contribution in [2.75, 3.05) is 6.61 Å². The van der Waals surface area contributed by atoms with Crippen LogP contribution in [0.15, 0.2) is 12.2 Å². The minimum Gasteiger partial charge on any atom is -0.481 e. The number of carboxylic acid groups (broad SMARTS) is 3. The Bertz CT molecular complexity index is 465. The molecule has 0 aromatic rings. The molecule has 1 aliphatic rings. The Labute approximate surface area is 161 Å². The molecule has 0 spiro atoms. The molecular weight excluding hydrogens is 352 g/mol. The van der Waals surface area contributed by atoms with E-state index in [1.54, 1.807) is 0 Å². The van der Waals surface area contributed by atoms with E-state index in [4.69, 9.17) is 20.4 Å². The quantitative estimate of drug-likeness (QED) is 0.315.